The highest BCUT2D eigenvalue weighted by atomic mass is 16.2. The molecule has 0 aliphatic carbocycles. The van der Waals surface area contributed by atoms with Crippen molar-refractivity contribution in [2.75, 3.05) is 6.61 Å². The Balaban J connectivity index is 1.74. The predicted molar refractivity (Wildman–Crippen MR) is 96.3 cm³/mol. The van der Waals surface area contributed by atoms with Crippen molar-refractivity contribution in [2.45, 2.75) is 19.3 Å². The fraction of sp³-hybridized carbons (Fsp3) is 0.222. The van der Waals surface area contributed by atoms with E-state index >= 15 is 0 Å². The zero-order valence-corrected chi connectivity index (χ0v) is 14.0. The molecular formula is C18H18N6O2. The number of aromatic nitrogens is 6. The van der Waals surface area contributed by atoms with E-state index < -0.39 is 0 Å². The third-order valence-corrected chi connectivity index (χ3v) is 4.16. The summed E-state index contributed by atoms with van der Waals surface area (Å²) < 4.78 is 1.81. The molecule has 0 saturated carbocycles. The van der Waals surface area contributed by atoms with Crippen molar-refractivity contribution in [3.63, 3.8) is 0 Å². The molecule has 0 amide bonds. The second-order valence-electron chi connectivity index (χ2n) is 6.06. The zero-order chi connectivity index (χ0) is 17.9. The van der Waals surface area contributed by atoms with Crippen LogP contribution < -0.4 is 5.56 Å². The largest absolute Gasteiger partial charge is 0.396 e. The molecule has 0 aliphatic rings. The number of hydrogen-bond donors (Lipinski definition) is 3. The molecule has 0 atom stereocenters. The second kappa shape index (κ2) is 6.93. The number of benzene rings is 1. The minimum atomic E-state index is -0.135. The lowest BCUT2D eigenvalue weighted by molar-refractivity contribution is 0.287. The van der Waals surface area contributed by atoms with E-state index in [4.69, 9.17) is 5.11 Å². The first kappa shape index (κ1) is 16.2. The van der Waals surface area contributed by atoms with Crippen molar-refractivity contribution in [1.82, 2.24) is 29.9 Å². The molecule has 8 nitrogen and oxygen atoms in total. The number of aromatic amines is 2. The van der Waals surface area contributed by atoms with Gasteiger partial charge in [-0.05, 0) is 30.2 Å². The molecule has 0 saturated heterocycles. The smallest absolute Gasteiger partial charge is 0.247 e. The number of rotatable bonds is 6. The monoisotopic (exact) mass is 350 g/mol. The minimum absolute atomic E-state index is 0.102. The van der Waals surface area contributed by atoms with Gasteiger partial charge in [-0.15, -0.1) is 0 Å². The molecule has 0 bridgehead atoms. The summed E-state index contributed by atoms with van der Waals surface area (Å²) in [6.45, 7) is 0.102. The lowest BCUT2D eigenvalue weighted by Crippen LogP contribution is -2.07. The Morgan fingerprint density at radius 2 is 2.12 bits per heavy atom. The topological polar surface area (TPSA) is 112 Å². The second-order valence-corrected chi connectivity index (χ2v) is 6.06. The van der Waals surface area contributed by atoms with Gasteiger partial charge in [0, 0.05) is 37.1 Å². The Labute approximate surface area is 148 Å². The van der Waals surface area contributed by atoms with Crippen LogP contribution in [0.4, 0.5) is 0 Å². The van der Waals surface area contributed by atoms with Crippen LogP contribution in [0.3, 0.4) is 0 Å². The highest BCUT2D eigenvalue weighted by molar-refractivity contribution is 5.80. The molecule has 3 heterocycles. The van der Waals surface area contributed by atoms with Crippen molar-refractivity contribution in [3.05, 3.63) is 70.3 Å². The average molecular weight is 350 g/mol. The standard InChI is InChI=1S/C18H18N6O2/c25-7-1-2-16-21-17(8-12-3-6-18(26)19-10-12)24(23-16)14-4-5-15-13(9-14)11-20-22-15/h3-6,9-11,25H,1-2,7-8H2,(H,19,26)(H,20,22). The molecule has 4 aromatic rings. The highest BCUT2D eigenvalue weighted by Crippen LogP contribution is 2.19. The molecule has 8 heteroatoms. The van der Waals surface area contributed by atoms with Gasteiger partial charge in [0.15, 0.2) is 5.82 Å². The fourth-order valence-corrected chi connectivity index (χ4v) is 2.85. The Hall–Kier alpha value is -3.26. The molecule has 4 rings (SSSR count). The molecular weight excluding hydrogens is 332 g/mol. The molecule has 132 valence electrons. The summed E-state index contributed by atoms with van der Waals surface area (Å²) in [6, 6.07) is 9.20. The van der Waals surface area contributed by atoms with Gasteiger partial charge in [0.1, 0.15) is 5.82 Å². The first-order valence-electron chi connectivity index (χ1n) is 8.40. The van der Waals surface area contributed by atoms with Crippen LogP contribution in [-0.4, -0.2) is 41.7 Å². The van der Waals surface area contributed by atoms with Gasteiger partial charge in [-0.1, -0.05) is 6.07 Å². The predicted octanol–water partition coefficient (Wildman–Crippen LogP) is 1.35. The number of nitrogens with one attached hydrogen (secondary N) is 2. The summed E-state index contributed by atoms with van der Waals surface area (Å²) >= 11 is 0. The molecule has 0 fully saturated rings. The molecule has 3 N–H and O–H groups in total. The molecule has 1 aromatic carbocycles. The van der Waals surface area contributed by atoms with Crippen LogP contribution in [0.2, 0.25) is 0 Å². The summed E-state index contributed by atoms with van der Waals surface area (Å²) in [7, 11) is 0. The molecule has 0 radical (unpaired) electrons. The Kier molecular flexibility index (Phi) is 4.32. The van der Waals surface area contributed by atoms with Crippen LogP contribution in [0.1, 0.15) is 23.6 Å². The lowest BCUT2D eigenvalue weighted by atomic mass is 10.2. The van der Waals surface area contributed by atoms with Crippen LogP contribution in [0.5, 0.6) is 0 Å². The number of hydrogen-bond acceptors (Lipinski definition) is 5. The maximum Gasteiger partial charge on any atom is 0.247 e. The van der Waals surface area contributed by atoms with Crippen molar-refractivity contribution >= 4 is 10.9 Å². The number of fused-ring (bicyclic) bond motifs is 1. The lowest BCUT2D eigenvalue weighted by Gasteiger charge is -2.06. The van der Waals surface area contributed by atoms with Crippen LogP contribution in [0.15, 0.2) is 47.5 Å². The van der Waals surface area contributed by atoms with Crippen LogP contribution in [0.25, 0.3) is 16.6 Å². The van der Waals surface area contributed by atoms with Gasteiger partial charge in [-0.2, -0.15) is 10.2 Å². The maximum atomic E-state index is 11.3. The van der Waals surface area contributed by atoms with Gasteiger partial charge in [0.25, 0.3) is 0 Å². The van der Waals surface area contributed by atoms with E-state index in [1.807, 2.05) is 22.9 Å². The maximum absolute atomic E-state index is 11.3. The van der Waals surface area contributed by atoms with E-state index in [-0.39, 0.29) is 12.2 Å². The van der Waals surface area contributed by atoms with E-state index in [0.717, 1.165) is 28.0 Å². The molecule has 0 aliphatic heterocycles. The van der Waals surface area contributed by atoms with Crippen molar-refractivity contribution in [3.8, 4) is 5.69 Å². The summed E-state index contributed by atoms with van der Waals surface area (Å²) in [5, 5.41) is 21.7. The number of H-pyrrole nitrogens is 2. The first-order valence-corrected chi connectivity index (χ1v) is 8.40. The number of aryl methyl sites for hydroxylation is 1. The molecule has 0 unspecified atom stereocenters. The number of nitrogens with zero attached hydrogens (tertiary/aromatic N) is 4. The van der Waals surface area contributed by atoms with Gasteiger partial charge in [-0.3, -0.25) is 9.89 Å². The Bertz CT molecular complexity index is 1070. The average Bonchev–Trinajstić information content (AvgIpc) is 3.28. The number of aliphatic hydroxyl groups is 1. The summed E-state index contributed by atoms with van der Waals surface area (Å²) in [5.74, 6) is 1.46. The van der Waals surface area contributed by atoms with Gasteiger partial charge < -0.3 is 10.1 Å². The van der Waals surface area contributed by atoms with Crippen LogP contribution in [0, 0.1) is 0 Å². The van der Waals surface area contributed by atoms with E-state index in [1.54, 1.807) is 18.5 Å². The highest BCUT2D eigenvalue weighted by Gasteiger charge is 2.13. The summed E-state index contributed by atoms with van der Waals surface area (Å²) in [4.78, 5) is 18.6. The van der Waals surface area contributed by atoms with E-state index in [9.17, 15) is 4.79 Å². The Morgan fingerprint density at radius 1 is 1.19 bits per heavy atom. The van der Waals surface area contributed by atoms with Gasteiger partial charge in [-0.25, -0.2) is 9.67 Å². The minimum Gasteiger partial charge on any atom is -0.396 e. The van der Waals surface area contributed by atoms with Gasteiger partial charge in [0.2, 0.25) is 5.56 Å². The zero-order valence-electron chi connectivity index (χ0n) is 14.0. The summed E-state index contributed by atoms with van der Waals surface area (Å²) in [5.41, 5.74) is 2.65. The third kappa shape index (κ3) is 3.27. The number of pyridine rings is 1. The summed E-state index contributed by atoms with van der Waals surface area (Å²) in [6.07, 6.45) is 5.21. The van der Waals surface area contributed by atoms with Crippen molar-refractivity contribution in [1.29, 1.82) is 0 Å². The quantitative estimate of drug-likeness (QED) is 0.486. The van der Waals surface area contributed by atoms with E-state index in [1.165, 1.54) is 6.07 Å². The Morgan fingerprint density at radius 3 is 2.92 bits per heavy atom. The SMILES string of the molecule is O=c1ccc(Cc2nc(CCCO)nn2-c2ccc3[nH]ncc3c2)c[nH]1. The van der Waals surface area contributed by atoms with Crippen LogP contribution >= 0.6 is 0 Å². The molecule has 26 heavy (non-hydrogen) atoms. The van der Waals surface area contributed by atoms with Gasteiger partial charge >= 0.3 is 0 Å². The van der Waals surface area contributed by atoms with Crippen LogP contribution in [-0.2, 0) is 12.8 Å². The van der Waals surface area contributed by atoms with Gasteiger partial charge in [0.05, 0.1) is 17.4 Å². The van der Waals surface area contributed by atoms with Crippen molar-refractivity contribution < 1.29 is 5.11 Å². The normalized spacial score (nSPS) is 11.3. The van der Waals surface area contributed by atoms with Crippen molar-refractivity contribution in [2.24, 2.45) is 0 Å². The number of aliphatic hydroxyl groups excluding tert-OH is 1. The molecule has 0 spiro atoms. The first-order chi connectivity index (χ1) is 12.7. The fourth-order valence-electron chi connectivity index (χ4n) is 2.85. The molecule has 3 aromatic heterocycles. The van der Waals surface area contributed by atoms with E-state index in [0.29, 0.717) is 25.1 Å². The van der Waals surface area contributed by atoms with E-state index in [2.05, 4.69) is 25.3 Å². The third-order valence-electron chi connectivity index (χ3n) is 4.16.